The number of ether oxygens (including phenoxy) is 2. The molecule has 2 fully saturated rings. The summed E-state index contributed by atoms with van der Waals surface area (Å²) < 4.78 is 24.5. The lowest BCUT2D eigenvalue weighted by Gasteiger charge is -2.31. The van der Waals surface area contributed by atoms with Gasteiger partial charge in [-0.15, -0.1) is 0 Å². The van der Waals surface area contributed by atoms with E-state index in [0.717, 1.165) is 37.7 Å². The summed E-state index contributed by atoms with van der Waals surface area (Å²) in [6.45, 7) is 0.470. The minimum absolute atomic E-state index is 0.0832. The van der Waals surface area contributed by atoms with Crippen LogP contribution in [0.25, 0.3) is 0 Å². The van der Waals surface area contributed by atoms with Gasteiger partial charge in [0.25, 0.3) is 0 Å². The van der Waals surface area contributed by atoms with Crippen molar-refractivity contribution in [2.24, 2.45) is 11.7 Å². The summed E-state index contributed by atoms with van der Waals surface area (Å²) in [7, 11) is 1.27. The number of fused-ring (bicyclic) bond motifs is 1. The van der Waals surface area contributed by atoms with Crippen LogP contribution < -0.4 is 5.73 Å². The Morgan fingerprint density at radius 3 is 2.59 bits per heavy atom. The van der Waals surface area contributed by atoms with Crippen molar-refractivity contribution in [3.63, 3.8) is 0 Å². The quantitative estimate of drug-likeness (QED) is 0.711. The number of esters is 1. The Hall–Kier alpha value is -2.68. The van der Waals surface area contributed by atoms with E-state index in [-0.39, 0.29) is 43.7 Å². The Morgan fingerprint density at radius 1 is 1.16 bits per heavy atom. The van der Waals surface area contributed by atoms with Gasteiger partial charge in [-0.2, -0.15) is 0 Å². The summed E-state index contributed by atoms with van der Waals surface area (Å²) in [5, 5.41) is 0. The number of benzene rings is 1. The maximum atomic E-state index is 14.0. The van der Waals surface area contributed by atoms with Gasteiger partial charge in [0.15, 0.2) is 0 Å². The smallest absolute Gasteiger partial charge is 0.410 e. The van der Waals surface area contributed by atoms with E-state index in [2.05, 4.69) is 0 Å². The minimum Gasteiger partial charge on any atom is -0.467 e. The summed E-state index contributed by atoms with van der Waals surface area (Å²) in [5.74, 6) is -1.11. The molecule has 32 heavy (non-hydrogen) atoms. The number of nitrogens with two attached hydrogens (primary N) is 1. The molecule has 2 N–H and O–H groups in total. The number of hydrogen-bond donors (Lipinski definition) is 1. The molecule has 1 aromatic rings. The molecule has 8 nitrogen and oxygen atoms in total. The monoisotopic (exact) mass is 447 g/mol. The van der Waals surface area contributed by atoms with E-state index < -0.39 is 30.3 Å². The molecule has 2 aliphatic heterocycles. The fourth-order valence-corrected chi connectivity index (χ4v) is 5.10. The number of likely N-dealkylation sites (tertiary alicyclic amines) is 1. The van der Waals surface area contributed by atoms with Crippen molar-refractivity contribution >= 4 is 18.0 Å². The largest absolute Gasteiger partial charge is 0.467 e. The summed E-state index contributed by atoms with van der Waals surface area (Å²) >= 11 is 0. The van der Waals surface area contributed by atoms with Gasteiger partial charge in [-0.25, -0.2) is 14.0 Å². The summed E-state index contributed by atoms with van der Waals surface area (Å²) in [6.07, 6.45) is 3.92. The normalized spacial score (nSPS) is 24.2. The molecule has 174 valence electrons. The number of amides is 2. The number of rotatable bonds is 4. The summed E-state index contributed by atoms with van der Waals surface area (Å²) in [6, 6.07) is 3.23. The molecule has 9 heteroatoms. The van der Waals surface area contributed by atoms with Crippen LogP contribution in [-0.4, -0.2) is 59.6 Å². The van der Waals surface area contributed by atoms with Crippen LogP contribution in [0, 0.1) is 11.7 Å². The van der Waals surface area contributed by atoms with Gasteiger partial charge in [0.1, 0.15) is 18.0 Å². The first kappa shape index (κ1) is 22.5. The van der Waals surface area contributed by atoms with Crippen molar-refractivity contribution in [2.45, 2.75) is 69.8 Å². The van der Waals surface area contributed by atoms with Crippen molar-refractivity contribution in [1.82, 2.24) is 9.80 Å². The Labute approximate surface area is 186 Å². The lowest BCUT2D eigenvalue weighted by molar-refractivity contribution is -0.151. The third-order valence-electron chi connectivity index (χ3n) is 6.91. The van der Waals surface area contributed by atoms with Gasteiger partial charge < -0.3 is 20.1 Å². The number of carbonyl (C=O) groups excluding carboxylic acids is 3. The van der Waals surface area contributed by atoms with Crippen LogP contribution in [0.4, 0.5) is 9.18 Å². The summed E-state index contributed by atoms with van der Waals surface area (Å²) in [4.78, 5) is 41.0. The van der Waals surface area contributed by atoms with Crippen molar-refractivity contribution in [3.05, 3.63) is 35.1 Å². The molecular formula is C23H30FN3O5. The zero-order valence-electron chi connectivity index (χ0n) is 18.3. The topological polar surface area (TPSA) is 102 Å². The third-order valence-corrected chi connectivity index (χ3v) is 6.91. The molecule has 3 unspecified atom stereocenters. The van der Waals surface area contributed by atoms with Gasteiger partial charge in [-0.3, -0.25) is 9.69 Å². The SMILES string of the molecule is COC(=O)C1CC(OC(=O)N2Cc3cccc(F)c3C2)CN1C(=O)C(N)C1CCCCC1. The van der Waals surface area contributed by atoms with E-state index in [1.54, 1.807) is 12.1 Å². The first-order valence-corrected chi connectivity index (χ1v) is 11.2. The van der Waals surface area contributed by atoms with E-state index in [9.17, 15) is 18.8 Å². The Bertz CT molecular complexity index is 888. The Morgan fingerprint density at radius 2 is 1.91 bits per heavy atom. The minimum atomic E-state index is -0.840. The van der Waals surface area contributed by atoms with Gasteiger partial charge >= 0.3 is 12.1 Å². The lowest BCUT2D eigenvalue weighted by atomic mass is 9.83. The van der Waals surface area contributed by atoms with Crippen LogP contribution in [0.2, 0.25) is 0 Å². The number of halogens is 1. The molecule has 2 amide bonds. The standard InChI is InChI=1S/C23H30FN3O5/c1-31-22(29)19-10-16(12-27(19)21(28)20(25)14-6-3-2-4-7-14)32-23(30)26-11-15-8-5-9-18(24)17(15)13-26/h5,8-9,14,16,19-20H,2-4,6-7,10-13,25H2,1H3. The Kier molecular flexibility index (Phi) is 6.64. The van der Waals surface area contributed by atoms with Crippen LogP contribution in [0.1, 0.15) is 49.7 Å². The molecule has 4 rings (SSSR count). The lowest BCUT2D eigenvalue weighted by Crippen LogP contribution is -2.52. The molecular weight excluding hydrogens is 417 g/mol. The zero-order valence-corrected chi connectivity index (χ0v) is 18.3. The van der Waals surface area contributed by atoms with Gasteiger partial charge in [-0.1, -0.05) is 31.4 Å². The maximum Gasteiger partial charge on any atom is 0.410 e. The zero-order chi connectivity index (χ0) is 22.8. The Balaban J connectivity index is 1.41. The summed E-state index contributed by atoms with van der Waals surface area (Å²) in [5.41, 5.74) is 7.52. The molecule has 0 aromatic heterocycles. The van der Waals surface area contributed by atoms with Crippen molar-refractivity contribution < 1.29 is 28.2 Å². The molecule has 0 bridgehead atoms. The van der Waals surface area contributed by atoms with E-state index in [4.69, 9.17) is 15.2 Å². The van der Waals surface area contributed by atoms with Crippen LogP contribution in [0.5, 0.6) is 0 Å². The number of hydrogen-bond acceptors (Lipinski definition) is 6. The average molecular weight is 448 g/mol. The molecule has 0 spiro atoms. The average Bonchev–Trinajstić information content (AvgIpc) is 3.43. The van der Waals surface area contributed by atoms with Gasteiger partial charge in [0, 0.05) is 18.5 Å². The maximum absolute atomic E-state index is 14.0. The fourth-order valence-electron chi connectivity index (χ4n) is 5.10. The number of nitrogens with zero attached hydrogens (tertiary/aromatic N) is 2. The second kappa shape index (κ2) is 9.44. The number of methoxy groups -OCH3 is 1. The highest BCUT2D eigenvalue weighted by Gasteiger charge is 2.45. The first-order valence-electron chi connectivity index (χ1n) is 11.2. The van der Waals surface area contributed by atoms with Crippen LogP contribution in [0.3, 0.4) is 0 Å². The van der Waals surface area contributed by atoms with Crippen molar-refractivity contribution in [2.75, 3.05) is 13.7 Å². The van der Waals surface area contributed by atoms with Crippen LogP contribution in [0.15, 0.2) is 18.2 Å². The molecule has 1 saturated heterocycles. The predicted octanol–water partition coefficient (Wildman–Crippen LogP) is 2.33. The molecule has 1 aromatic carbocycles. The van der Waals surface area contributed by atoms with E-state index in [1.165, 1.54) is 23.0 Å². The van der Waals surface area contributed by atoms with Crippen LogP contribution in [-0.2, 0) is 32.2 Å². The molecule has 3 atom stereocenters. The second-order valence-electron chi connectivity index (χ2n) is 8.93. The molecule has 1 saturated carbocycles. The van der Waals surface area contributed by atoms with E-state index in [1.807, 2.05) is 0 Å². The highest BCUT2D eigenvalue weighted by molar-refractivity contribution is 5.88. The molecule has 2 heterocycles. The van der Waals surface area contributed by atoms with Gasteiger partial charge in [0.2, 0.25) is 5.91 Å². The fraction of sp³-hybridized carbons (Fsp3) is 0.609. The molecule has 1 aliphatic carbocycles. The number of carbonyl (C=O) groups is 3. The van der Waals surface area contributed by atoms with Crippen LogP contribution >= 0.6 is 0 Å². The van der Waals surface area contributed by atoms with Gasteiger partial charge in [0.05, 0.1) is 26.2 Å². The molecule has 0 radical (unpaired) electrons. The third kappa shape index (κ3) is 4.44. The van der Waals surface area contributed by atoms with E-state index in [0.29, 0.717) is 5.56 Å². The van der Waals surface area contributed by atoms with Gasteiger partial charge in [-0.05, 0) is 30.4 Å². The molecule has 3 aliphatic rings. The second-order valence-corrected chi connectivity index (χ2v) is 8.93. The first-order chi connectivity index (χ1) is 15.4. The van der Waals surface area contributed by atoms with E-state index >= 15 is 0 Å². The highest BCUT2D eigenvalue weighted by atomic mass is 19.1. The highest BCUT2D eigenvalue weighted by Crippen LogP contribution is 2.30. The predicted molar refractivity (Wildman–Crippen MR) is 113 cm³/mol. The van der Waals surface area contributed by atoms with Crippen molar-refractivity contribution in [3.8, 4) is 0 Å². The van der Waals surface area contributed by atoms with Crippen molar-refractivity contribution in [1.29, 1.82) is 0 Å².